The van der Waals surface area contributed by atoms with E-state index in [1.54, 1.807) is 0 Å². The number of aliphatic hydroxyl groups excluding tert-OH is 1. The van der Waals surface area contributed by atoms with Crippen molar-refractivity contribution in [3.05, 3.63) is 46.4 Å². The molecule has 0 amide bonds. The molecule has 3 aromatic rings. The number of rotatable bonds is 4. The number of nitrogens with one attached hydrogen (secondary N) is 2. The molecule has 2 aromatic carbocycles. The number of aromatic amines is 1. The van der Waals surface area contributed by atoms with Gasteiger partial charge in [0.05, 0.1) is 17.6 Å². The molecule has 0 aliphatic carbocycles. The first kappa shape index (κ1) is 14.1. The molecule has 1 heterocycles. The molecule has 21 heavy (non-hydrogen) atoms. The van der Waals surface area contributed by atoms with Crippen molar-refractivity contribution < 1.29 is 5.11 Å². The normalized spacial score (nSPS) is 11.0. The number of imidazole rings is 1. The number of hydrogen-bond donors (Lipinski definition) is 3. The van der Waals surface area contributed by atoms with E-state index in [9.17, 15) is 0 Å². The molecule has 0 bridgehead atoms. The molecular formula is C16H16BrN3O. The van der Waals surface area contributed by atoms with Crippen LogP contribution in [0.15, 0.2) is 40.9 Å². The van der Waals surface area contributed by atoms with Gasteiger partial charge in [0.2, 0.25) is 0 Å². The molecule has 0 spiro atoms. The molecule has 0 unspecified atom stereocenters. The summed E-state index contributed by atoms with van der Waals surface area (Å²) in [5.41, 5.74) is 5.19. The Morgan fingerprint density at radius 3 is 2.71 bits per heavy atom. The minimum atomic E-state index is 0.124. The van der Waals surface area contributed by atoms with Gasteiger partial charge in [-0.05, 0) is 48.9 Å². The van der Waals surface area contributed by atoms with Crippen LogP contribution in [0.3, 0.4) is 0 Å². The second-order valence-corrected chi connectivity index (χ2v) is 5.85. The van der Waals surface area contributed by atoms with Gasteiger partial charge in [-0.2, -0.15) is 0 Å². The maximum atomic E-state index is 8.81. The van der Waals surface area contributed by atoms with Crippen molar-refractivity contribution in [3.8, 4) is 11.4 Å². The Bertz CT molecular complexity index is 765. The van der Waals surface area contributed by atoms with Crippen molar-refractivity contribution in [2.75, 3.05) is 18.5 Å². The Balaban J connectivity index is 1.95. The first-order valence-electron chi connectivity index (χ1n) is 6.78. The zero-order chi connectivity index (χ0) is 14.8. The Hall–Kier alpha value is -1.85. The molecule has 108 valence electrons. The molecule has 0 radical (unpaired) electrons. The number of H-pyrrole nitrogens is 1. The molecule has 0 saturated heterocycles. The first-order chi connectivity index (χ1) is 10.2. The van der Waals surface area contributed by atoms with E-state index in [0.717, 1.165) is 38.1 Å². The maximum absolute atomic E-state index is 8.81. The van der Waals surface area contributed by atoms with E-state index in [4.69, 9.17) is 5.11 Å². The lowest BCUT2D eigenvalue weighted by atomic mass is 10.2. The van der Waals surface area contributed by atoms with Crippen LogP contribution in [-0.2, 0) is 0 Å². The fourth-order valence-corrected chi connectivity index (χ4v) is 2.90. The summed E-state index contributed by atoms with van der Waals surface area (Å²) in [6.07, 6.45) is 0. The highest BCUT2D eigenvalue weighted by Gasteiger charge is 2.08. The van der Waals surface area contributed by atoms with E-state index in [0.29, 0.717) is 6.54 Å². The Labute approximate surface area is 131 Å². The fraction of sp³-hybridized carbons (Fsp3) is 0.188. The molecule has 3 N–H and O–H groups in total. The molecule has 4 nitrogen and oxygen atoms in total. The van der Waals surface area contributed by atoms with Gasteiger partial charge in [0.25, 0.3) is 0 Å². The lowest BCUT2D eigenvalue weighted by molar-refractivity contribution is 0.311. The number of benzene rings is 2. The molecule has 0 aliphatic heterocycles. The summed E-state index contributed by atoms with van der Waals surface area (Å²) in [5.74, 6) is 0.861. The fourth-order valence-electron chi connectivity index (χ4n) is 2.33. The van der Waals surface area contributed by atoms with E-state index in [-0.39, 0.29) is 6.61 Å². The third kappa shape index (κ3) is 2.94. The predicted octanol–water partition coefficient (Wildman–Crippen LogP) is 3.71. The van der Waals surface area contributed by atoms with Gasteiger partial charge >= 0.3 is 0 Å². The minimum Gasteiger partial charge on any atom is -0.395 e. The van der Waals surface area contributed by atoms with Crippen LogP contribution in [0.5, 0.6) is 0 Å². The molecule has 1 aromatic heterocycles. The third-order valence-electron chi connectivity index (χ3n) is 3.34. The third-order valence-corrected chi connectivity index (χ3v) is 3.80. The Morgan fingerprint density at radius 1 is 1.24 bits per heavy atom. The smallest absolute Gasteiger partial charge is 0.138 e. The molecule has 0 saturated carbocycles. The molecule has 0 aliphatic rings. The van der Waals surface area contributed by atoms with Crippen LogP contribution >= 0.6 is 15.9 Å². The summed E-state index contributed by atoms with van der Waals surface area (Å²) in [7, 11) is 0. The maximum Gasteiger partial charge on any atom is 0.138 e. The average molecular weight is 346 g/mol. The van der Waals surface area contributed by atoms with E-state index in [1.807, 2.05) is 30.3 Å². The van der Waals surface area contributed by atoms with Crippen LogP contribution in [0, 0.1) is 6.92 Å². The summed E-state index contributed by atoms with van der Waals surface area (Å²) in [5, 5.41) is 11.9. The molecule has 3 rings (SSSR count). The van der Waals surface area contributed by atoms with Crippen LogP contribution in [0.4, 0.5) is 5.69 Å². The number of aromatic nitrogens is 2. The summed E-state index contributed by atoms with van der Waals surface area (Å²) in [6, 6.07) is 12.1. The largest absolute Gasteiger partial charge is 0.395 e. The van der Waals surface area contributed by atoms with Crippen molar-refractivity contribution in [2.45, 2.75) is 6.92 Å². The molecule has 0 atom stereocenters. The Kier molecular flexibility index (Phi) is 3.94. The average Bonchev–Trinajstić information content (AvgIpc) is 2.90. The zero-order valence-electron chi connectivity index (χ0n) is 11.7. The number of nitrogens with zero attached hydrogens (tertiary/aromatic N) is 1. The van der Waals surface area contributed by atoms with Crippen molar-refractivity contribution in [3.63, 3.8) is 0 Å². The predicted molar refractivity (Wildman–Crippen MR) is 89.5 cm³/mol. The monoisotopic (exact) mass is 345 g/mol. The van der Waals surface area contributed by atoms with Gasteiger partial charge in [0.15, 0.2) is 0 Å². The van der Waals surface area contributed by atoms with Crippen LogP contribution in [0.25, 0.3) is 22.4 Å². The van der Waals surface area contributed by atoms with Gasteiger partial charge in [0, 0.05) is 22.3 Å². The highest BCUT2D eigenvalue weighted by molar-refractivity contribution is 9.10. The summed E-state index contributed by atoms with van der Waals surface area (Å²) >= 11 is 3.51. The first-order valence-corrected chi connectivity index (χ1v) is 7.58. The number of aryl methyl sites for hydroxylation is 1. The molecule has 0 fully saturated rings. The van der Waals surface area contributed by atoms with Crippen molar-refractivity contribution in [2.24, 2.45) is 0 Å². The standard InChI is InChI=1S/C16H16BrN3O/c1-10-8-12(17)9-14-15(10)20-16(19-14)11-2-4-13(5-3-11)18-6-7-21/h2-5,8-9,18,21H,6-7H2,1H3,(H,19,20). The second kappa shape index (κ2) is 5.87. The van der Waals surface area contributed by atoms with Crippen LogP contribution < -0.4 is 5.32 Å². The van der Waals surface area contributed by atoms with E-state index in [1.165, 1.54) is 0 Å². The van der Waals surface area contributed by atoms with E-state index in [2.05, 4.69) is 44.2 Å². The van der Waals surface area contributed by atoms with E-state index < -0.39 is 0 Å². The quantitative estimate of drug-likeness (QED) is 0.675. The van der Waals surface area contributed by atoms with E-state index >= 15 is 0 Å². The molecular weight excluding hydrogens is 330 g/mol. The van der Waals surface area contributed by atoms with Crippen molar-refractivity contribution in [1.82, 2.24) is 9.97 Å². The van der Waals surface area contributed by atoms with Gasteiger partial charge in [-0.25, -0.2) is 4.98 Å². The van der Waals surface area contributed by atoms with Crippen LogP contribution in [0.1, 0.15) is 5.56 Å². The SMILES string of the molecule is Cc1cc(Br)cc2[nH]c(-c3ccc(NCCO)cc3)nc12. The van der Waals surface area contributed by atoms with Crippen LogP contribution in [0.2, 0.25) is 0 Å². The summed E-state index contributed by atoms with van der Waals surface area (Å²) in [6.45, 7) is 2.73. The van der Waals surface area contributed by atoms with Crippen molar-refractivity contribution in [1.29, 1.82) is 0 Å². The summed E-state index contributed by atoms with van der Waals surface area (Å²) < 4.78 is 1.05. The number of hydrogen-bond acceptors (Lipinski definition) is 3. The topological polar surface area (TPSA) is 60.9 Å². The van der Waals surface area contributed by atoms with Gasteiger partial charge in [0.1, 0.15) is 5.82 Å². The highest BCUT2D eigenvalue weighted by atomic mass is 79.9. The lowest BCUT2D eigenvalue weighted by Gasteiger charge is -2.04. The minimum absolute atomic E-state index is 0.124. The van der Waals surface area contributed by atoms with Gasteiger partial charge in [-0.15, -0.1) is 0 Å². The zero-order valence-corrected chi connectivity index (χ0v) is 13.2. The second-order valence-electron chi connectivity index (χ2n) is 4.93. The number of anilines is 1. The lowest BCUT2D eigenvalue weighted by Crippen LogP contribution is -2.04. The summed E-state index contributed by atoms with van der Waals surface area (Å²) in [4.78, 5) is 8.03. The van der Waals surface area contributed by atoms with Gasteiger partial charge in [-0.3, -0.25) is 0 Å². The number of aliphatic hydroxyl groups is 1. The number of halogens is 1. The molecule has 5 heteroatoms. The van der Waals surface area contributed by atoms with Crippen molar-refractivity contribution >= 4 is 32.7 Å². The van der Waals surface area contributed by atoms with Crippen LogP contribution in [-0.4, -0.2) is 28.2 Å². The van der Waals surface area contributed by atoms with Gasteiger partial charge < -0.3 is 15.4 Å². The Morgan fingerprint density at radius 2 is 2.00 bits per heavy atom. The van der Waals surface area contributed by atoms with Gasteiger partial charge in [-0.1, -0.05) is 15.9 Å². The highest BCUT2D eigenvalue weighted by Crippen LogP contribution is 2.26. The number of fused-ring (bicyclic) bond motifs is 1.